The molecule has 0 aliphatic carbocycles. The minimum Gasteiger partial charge on any atom is -0.493 e. The van der Waals surface area contributed by atoms with Gasteiger partial charge in [0, 0.05) is 18.2 Å². The lowest BCUT2D eigenvalue weighted by molar-refractivity contribution is 0.173. The summed E-state index contributed by atoms with van der Waals surface area (Å²) in [7, 11) is 0. The Kier molecular flexibility index (Phi) is 4.31. The molecule has 18 heavy (non-hydrogen) atoms. The SMILES string of the molecule is CCOc1cc2c(cc1CNCC(C)C)OCO2. The maximum atomic E-state index is 5.64. The van der Waals surface area contributed by atoms with Crippen LogP contribution in [-0.2, 0) is 6.54 Å². The lowest BCUT2D eigenvalue weighted by Crippen LogP contribution is -2.19. The highest BCUT2D eigenvalue weighted by Crippen LogP contribution is 2.38. The molecular weight excluding hydrogens is 230 g/mol. The molecule has 0 aromatic heterocycles. The molecule has 1 aliphatic heterocycles. The average Bonchev–Trinajstić information content (AvgIpc) is 2.76. The van der Waals surface area contributed by atoms with Gasteiger partial charge in [0.25, 0.3) is 0 Å². The molecule has 0 fully saturated rings. The Bertz CT molecular complexity index is 404. The summed E-state index contributed by atoms with van der Waals surface area (Å²) in [6.07, 6.45) is 0. The minimum atomic E-state index is 0.295. The minimum absolute atomic E-state index is 0.295. The molecular formula is C14H21NO3. The summed E-state index contributed by atoms with van der Waals surface area (Å²) in [6, 6.07) is 3.92. The van der Waals surface area contributed by atoms with Crippen molar-refractivity contribution in [3.63, 3.8) is 0 Å². The lowest BCUT2D eigenvalue weighted by atomic mass is 10.1. The van der Waals surface area contributed by atoms with Crippen LogP contribution in [0.15, 0.2) is 12.1 Å². The van der Waals surface area contributed by atoms with Gasteiger partial charge in [-0.1, -0.05) is 13.8 Å². The standard InChI is InChI=1S/C14H21NO3/c1-4-16-12-6-14-13(17-9-18-14)5-11(12)8-15-7-10(2)3/h5-6,10,15H,4,7-9H2,1-3H3. The van der Waals surface area contributed by atoms with E-state index in [1.54, 1.807) is 0 Å². The Morgan fingerprint density at radius 3 is 2.67 bits per heavy atom. The first kappa shape index (κ1) is 13.0. The molecule has 4 heteroatoms. The molecule has 1 aliphatic rings. The van der Waals surface area contributed by atoms with Crippen LogP contribution < -0.4 is 19.5 Å². The van der Waals surface area contributed by atoms with Gasteiger partial charge in [0.2, 0.25) is 6.79 Å². The van der Waals surface area contributed by atoms with E-state index in [0.717, 1.165) is 35.9 Å². The summed E-state index contributed by atoms with van der Waals surface area (Å²) in [4.78, 5) is 0. The number of benzene rings is 1. The van der Waals surface area contributed by atoms with Gasteiger partial charge in [-0.2, -0.15) is 0 Å². The van der Waals surface area contributed by atoms with Crippen LogP contribution in [0.1, 0.15) is 26.3 Å². The summed E-state index contributed by atoms with van der Waals surface area (Å²) in [5.41, 5.74) is 1.11. The van der Waals surface area contributed by atoms with Crippen molar-refractivity contribution in [3.8, 4) is 17.2 Å². The third kappa shape index (κ3) is 3.07. The van der Waals surface area contributed by atoms with Crippen molar-refractivity contribution in [2.75, 3.05) is 19.9 Å². The zero-order valence-corrected chi connectivity index (χ0v) is 11.3. The monoisotopic (exact) mass is 251 g/mol. The third-order valence-corrected chi connectivity index (χ3v) is 2.72. The fourth-order valence-corrected chi connectivity index (χ4v) is 1.89. The predicted octanol–water partition coefficient (Wildman–Crippen LogP) is 2.56. The summed E-state index contributed by atoms with van der Waals surface area (Å²) in [5.74, 6) is 3.08. The molecule has 0 amide bonds. The van der Waals surface area contributed by atoms with Crippen LogP contribution in [0, 0.1) is 5.92 Å². The second-order valence-corrected chi connectivity index (χ2v) is 4.77. The van der Waals surface area contributed by atoms with E-state index in [4.69, 9.17) is 14.2 Å². The number of ether oxygens (including phenoxy) is 3. The van der Waals surface area contributed by atoms with E-state index in [-0.39, 0.29) is 0 Å². The van der Waals surface area contributed by atoms with Gasteiger partial charge in [-0.3, -0.25) is 0 Å². The van der Waals surface area contributed by atoms with E-state index in [2.05, 4.69) is 19.2 Å². The zero-order chi connectivity index (χ0) is 13.0. The van der Waals surface area contributed by atoms with Gasteiger partial charge in [0.05, 0.1) is 6.61 Å². The topological polar surface area (TPSA) is 39.7 Å². The van der Waals surface area contributed by atoms with Crippen molar-refractivity contribution in [2.45, 2.75) is 27.3 Å². The van der Waals surface area contributed by atoms with Crippen LogP contribution in [0.3, 0.4) is 0 Å². The van der Waals surface area contributed by atoms with Crippen LogP contribution >= 0.6 is 0 Å². The second kappa shape index (κ2) is 5.96. The van der Waals surface area contributed by atoms with E-state index in [1.807, 2.05) is 19.1 Å². The Morgan fingerprint density at radius 2 is 2.00 bits per heavy atom. The van der Waals surface area contributed by atoms with Crippen LogP contribution in [0.5, 0.6) is 17.2 Å². The maximum absolute atomic E-state index is 5.64. The third-order valence-electron chi connectivity index (χ3n) is 2.72. The highest BCUT2D eigenvalue weighted by molar-refractivity contribution is 5.51. The molecule has 0 radical (unpaired) electrons. The Balaban J connectivity index is 2.11. The molecule has 0 unspecified atom stereocenters. The maximum Gasteiger partial charge on any atom is 0.231 e. The number of nitrogens with one attached hydrogen (secondary N) is 1. The molecule has 100 valence electrons. The van der Waals surface area contributed by atoms with Gasteiger partial charge < -0.3 is 19.5 Å². The number of rotatable bonds is 6. The Morgan fingerprint density at radius 1 is 1.28 bits per heavy atom. The molecule has 2 rings (SSSR count). The molecule has 1 heterocycles. The molecule has 0 atom stereocenters. The fraction of sp³-hybridized carbons (Fsp3) is 0.571. The highest BCUT2D eigenvalue weighted by Gasteiger charge is 2.17. The molecule has 0 saturated heterocycles. The zero-order valence-electron chi connectivity index (χ0n) is 11.3. The van der Waals surface area contributed by atoms with Crippen molar-refractivity contribution < 1.29 is 14.2 Å². The van der Waals surface area contributed by atoms with Gasteiger partial charge in [-0.15, -0.1) is 0 Å². The molecule has 4 nitrogen and oxygen atoms in total. The van der Waals surface area contributed by atoms with Crippen LogP contribution in [-0.4, -0.2) is 19.9 Å². The molecule has 1 aromatic carbocycles. The predicted molar refractivity (Wildman–Crippen MR) is 70.3 cm³/mol. The largest absolute Gasteiger partial charge is 0.493 e. The average molecular weight is 251 g/mol. The second-order valence-electron chi connectivity index (χ2n) is 4.77. The molecule has 1 N–H and O–H groups in total. The van der Waals surface area contributed by atoms with Crippen molar-refractivity contribution in [2.24, 2.45) is 5.92 Å². The lowest BCUT2D eigenvalue weighted by Gasteiger charge is -2.13. The quantitative estimate of drug-likeness (QED) is 0.843. The molecule has 0 bridgehead atoms. The highest BCUT2D eigenvalue weighted by atomic mass is 16.7. The normalized spacial score (nSPS) is 13.1. The molecule has 0 saturated carbocycles. The summed E-state index contributed by atoms with van der Waals surface area (Å²) < 4.78 is 16.4. The van der Waals surface area contributed by atoms with E-state index in [9.17, 15) is 0 Å². The fourth-order valence-electron chi connectivity index (χ4n) is 1.89. The number of hydrogen-bond donors (Lipinski definition) is 1. The smallest absolute Gasteiger partial charge is 0.231 e. The van der Waals surface area contributed by atoms with Gasteiger partial charge in [0.15, 0.2) is 11.5 Å². The first-order valence-corrected chi connectivity index (χ1v) is 6.46. The molecule has 1 aromatic rings. The van der Waals surface area contributed by atoms with Gasteiger partial charge in [-0.25, -0.2) is 0 Å². The van der Waals surface area contributed by atoms with E-state index in [1.165, 1.54) is 0 Å². The van der Waals surface area contributed by atoms with Gasteiger partial charge >= 0.3 is 0 Å². The summed E-state index contributed by atoms with van der Waals surface area (Å²) in [5, 5.41) is 3.41. The first-order chi connectivity index (χ1) is 8.70. The van der Waals surface area contributed by atoms with Gasteiger partial charge in [0.1, 0.15) is 5.75 Å². The van der Waals surface area contributed by atoms with Crippen LogP contribution in [0.25, 0.3) is 0 Å². The van der Waals surface area contributed by atoms with Crippen molar-refractivity contribution in [3.05, 3.63) is 17.7 Å². The van der Waals surface area contributed by atoms with Crippen molar-refractivity contribution in [1.29, 1.82) is 0 Å². The Hall–Kier alpha value is -1.42. The first-order valence-electron chi connectivity index (χ1n) is 6.46. The van der Waals surface area contributed by atoms with Crippen LogP contribution in [0.4, 0.5) is 0 Å². The van der Waals surface area contributed by atoms with E-state index < -0.39 is 0 Å². The molecule has 0 spiro atoms. The number of hydrogen-bond acceptors (Lipinski definition) is 4. The number of fused-ring (bicyclic) bond motifs is 1. The van der Waals surface area contributed by atoms with Gasteiger partial charge in [-0.05, 0) is 25.5 Å². The van der Waals surface area contributed by atoms with E-state index >= 15 is 0 Å². The van der Waals surface area contributed by atoms with Crippen LogP contribution in [0.2, 0.25) is 0 Å². The summed E-state index contributed by atoms with van der Waals surface area (Å²) in [6.45, 7) is 9.08. The van der Waals surface area contributed by atoms with E-state index in [0.29, 0.717) is 19.3 Å². The van der Waals surface area contributed by atoms with Crippen molar-refractivity contribution >= 4 is 0 Å². The Labute approximate surface area is 108 Å². The summed E-state index contributed by atoms with van der Waals surface area (Å²) >= 11 is 0. The van der Waals surface area contributed by atoms with Crippen molar-refractivity contribution in [1.82, 2.24) is 5.32 Å².